The van der Waals surface area contributed by atoms with Gasteiger partial charge in [0.1, 0.15) is 0 Å². The molecule has 2 aromatic heterocycles. The molecule has 38 heavy (non-hydrogen) atoms. The highest BCUT2D eigenvalue weighted by Crippen LogP contribution is 2.39. The Morgan fingerprint density at radius 3 is 2.76 bits per heavy atom. The van der Waals surface area contributed by atoms with E-state index in [1.165, 1.54) is 12.1 Å². The van der Waals surface area contributed by atoms with E-state index in [9.17, 15) is 14.0 Å². The second-order valence-corrected chi connectivity index (χ2v) is 9.66. The van der Waals surface area contributed by atoms with E-state index in [1.54, 1.807) is 18.2 Å². The molecule has 9 nitrogen and oxygen atoms in total. The Hall–Kier alpha value is -3.89. The fourth-order valence-electron chi connectivity index (χ4n) is 4.31. The maximum absolute atomic E-state index is 14.8. The van der Waals surface area contributed by atoms with Gasteiger partial charge in [-0.15, -0.1) is 0 Å². The van der Waals surface area contributed by atoms with Gasteiger partial charge in [-0.05, 0) is 43.5 Å². The lowest BCUT2D eigenvalue weighted by atomic mass is 9.97. The lowest BCUT2D eigenvalue weighted by Gasteiger charge is -2.25. The molecule has 5 rings (SSSR count). The molecule has 2 fully saturated rings. The lowest BCUT2D eigenvalue weighted by molar-refractivity contribution is -0.117. The first-order valence-electron chi connectivity index (χ1n) is 12.9. The van der Waals surface area contributed by atoms with E-state index in [-0.39, 0.29) is 11.6 Å². The van der Waals surface area contributed by atoms with E-state index in [4.69, 9.17) is 4.74 Å². The van der Waals surface area contributed by atoms with Gasteiger partial charge >= 0.3 is 0 Å². The monoisotopic (exact) mass is 518 g/mol. The highest BCUT2D eigenvalue weighted by molar-refractivity contribution is 5.99. The highest BCUT2D eigenvalue weighted by atomic mass is 19.1. The van der Waals surface area contributed by atoms with Crippen molar-refractivity contribution < 1.29 is 18.7 Å². The van der Waals surface area contributed by atoms with Gasteiger partial charge in [-0.25, -0.2) is 4.98 Å². The zero-order valence-corrected chi connectivity index (χ0v) is 21.2. The Morgan fingerprint density at radius 1 is 1.18 bits per heavy atom. The standard InChI is InChI=1S/C28H31FN6O3/c1-18(28(37)32-25-17-24(33-34-25)19-7-8-19)20-4-2-5-21(16-20)22-9-10-23(27(29)31-22)30-26(36)6-3-11-35-12-14-38-15-13-35/h2-6,9-10,16-19H,7-8,11-15H2,1H3,(H,30,36)(H2,32,33,34,37)/b6-3+. The smallest absolute Gasteiger partial charge is 0.248 e. The normalized spacial score (nSPS) is 16.9. The number of nitrogens with one attached hydrogen (secondary N) is 3. The van der Waals surface area contributed by atoms with Crippen molar-refractivity contribution in [2.24, 2.45) is 0 Å². The summed E-state index contributed by atoms with van der Waals surface area (Å²) in [6.45, 7) is 5.45. The number of halogens is 1. The van der Waals surface area contributed by atoms with Crippen LogP contribution in [0.3, 0.4) is 0 Å². The molecular formula is C28H31FN6O3. The second-order valence-electron chi connectivity index (χ2n) is 9.66. The number of ether oxygens (including phenoxy) is 1. The SMILES string of the molecule is CC(C(=O)Nc1cc(C2CC2)[nH]n1)c1cccc(-c2ccc(NC(=O)/C=C/CN3CCOCC3)c(F)n2)c1. The number of rotatable bonds is 9. The molecule has 1 aliphatic carbocycles. The molecule has 1 saturated carbocycles. The summed E-state index contributed by atoms with van der Waals surface area (Å²) in [5, 5.41) is 12.6. The Labute approximate surface area is 220 Å². The number of pyridine rings is 1. The van der Waals surface area contributed by atoms with E-state index in [0.717, 1.165) is 37.2 Å². The summed E-state index contributed by atoms with van der Waals surface area (Å²) in [5.74, 6) is -0.809. The van der Waals surface area contributed by atoms with Crippen molar-refractivity contribution in [2.45, 2.75) is 31.6 Å². The van der Waals surface area contributed by atoms with E-state index in [0.29, 0.717) is 42.8 Å². The minimum Gasteiger partial charge on any atom is -0.379 e. The first kappa shape index (κ1) is 25.7. The summed E-state index contributed by atoms with van der Waals surface area (Å²) in [5.41, 5.74) is 2.89. The fraction of sp³-hybridized carbons (Fsp3) is 0.357. The Kier molecular flexibility index (Phi) is 7.90. The van der Waals surface area contributed by atoms with Crippen molar-refractivity contribution in [1.29, 1.82) is 0 Å². The number of nitrogens with zero attached hydrogens (tertiary/aromatic N) is 3. The van der Waals surface area contributed by atoms with Crippen LogP contribution in [0, 0.1) is 5.95 Å². The van der Waals surface area contributed by atoms with Crippen LogP contribution in [0.2, 0.25) is 0 Å². The molecule has 0 bridgehead atoms. The highest BCUT2D eigenvalue weighted by Gasteiger charge is 2.26. The number of carbonyl (C=O) groups excluding carboxylic acids is 2. The number of amides is 2. The van der Waals surface area contributed by atoms with Crippen LogP contribution in [0.5, 0.6) is 0 Å². The summed E-state index contributed by atoms with van der Waals surface area (Å²) in [6.07, 6.45) is 5.44. The molecule has 3 aromatic rings. The number of benzene rings is 1. The molecule has 1 saturated heterocycles. The predicted molar refractivity (Wildman–Crippen MR) is 142 cm³/mol. The lowest BCUT2D eigenvalue weighted by Crippen LogP contribution is -2.36. The van der Waals surface area contributed by atoms with Crippen LogP contribution in [0.25, 0.3) is 11.3 Å². The molecule has 0 radical (unpaired) electrons. The van der Waals surface area contributed by atoms with Gasteiger partial charge in [0.05, 0.1) is 30.5 Å². The minimum atomic E-state index is -0.779. The molecule has 2 aliphatic rings. The Morgan fingerprint density at radius 2 is 2.00 bits per heavy atom. The molecule has 1 unspecified atom stereocenters. The van der Waals surface area contributed by atoms with Crippen LogP contribution in [0.15, 0.2) is 54.6 Å². The van der Waals surface area contributed by atoms with Crippen LogP contribution in [-0.4, -0.2) is 64.7 Å². The molecule has 10 heteroatoms. The maximum Gasteiger partial charge on any atom is 0.248 e. The topological polar surface area (TPSA) is 112 Å². The molecule has 198 valence electrons. The summed E-state index contributed by atoms with van der Waals surface area (Å²) < 4.78 is 20.1. The quantitative estimate of drug-likeness (QED) is 0.291. The van der Waals surface area contributed by atoms with E-state index < -0.39 is 17.8 Å². The molecule has 3 N–H and O–H groups in total. The number of hydrogen-bond donors (Lipinski definition) is 3. The van der Waals surface area contributed by atoms with Gasteiger partial charge in [-0.2, -0.15) is 9.49 Å². The largest absolute Gasteiger partial charge is 0.379 e. The van der Waals surface area contributed by atoms with Crippen molar-refractivity contribution >= 4 is 23.3 Å². The van der Waals surface area contributed by atoms with Crippen LogP contribution in [-0.2, 0) is 14.3 Å². The molecular weight excluding hydrogens is 487 g/mol. The van der Waals surface area contributed by atoms with Gasteiger partial charge in [0.2, 0.25) is 17.8 Å². The number of morpholine rings is 1. The van der Waals surface area contributed by atoms with Gasteiger partial charge in [0.25, 0.3) is 0 Å². The van der Waals surface area contributed by atoms with Crippen molar-refractivity contribution in [3.63, 3.8) is 0 Å². The zero-order valence-electron chi connectivity index (χ0n) is 21.2. The van der Waals surface area contributed by atoms with Gasteiger partial charge in [-0.3, -0.25) is 19.6 Å². The second kappa shape index (κ2) is 11.7. The Bertz CT molecular complexity index is 1330. The van der Waals surface area contributed by atoms with Crippen LogP contribution in [0.4, 0.5) is 15.9 Å². The van der Waals surface area contributed by atoms with Gasteiger partial charge in [0, 0.05) is 49.0 Å². The van der Waals surface area contributed by atoms with Gasteiger partial charge in [0.15, 0.2) is 5.82 Å². The van der Waals surface area contributed by atoms with Gasteiger partial charge < -0.3 is 15.4 Å². The van der Waals surface area contributed by atoms with E-state index in [1.807, 2.05) is 31.2 Å². The summed E-state index contributed by atoms with van der Waals surface area (Å²) in [7, 11) is 0. The maximum atomic E-state index is 14.8. The summed E-state index contributed by atoms with van der Waals surface area (Å²) in [4.78, 5) is 31.3. The number of H-pyrrole nitrogens is 1. The third-order valence-corrected chi connectivity index (χ3v) is 6.78. The number of anilines is 2. The van der Waals surface area contributed by atoms with Crippen molar-refractivity contribution in [3.8, 4) is 11.3 Å². The summed E-state index contributed by atoms with van der Waals surface area (Å²) in [6, 6.07) is 12.3. The Balaban J connectivity index is 1.20. The predicted octanol–water partition coefficient (Wildman–Crippen LogP) is 4.06. The number of aromatic nitrogens is 3. The molecule has 1 atom stereocenters. The number of hydrogen-bond acceptors (Lipinski definition) is 6. The minimum absolute atomic E-state index is 0.00300. The molecule has 1 aliphatic heterocycles. The zero-order chi connectivity index (χ0) is 26.5. The number of aromatic amines is 1. The first-order chi connectivity index (χ1) is 18.5. The fourth-order valence-corrected chi connectivity index (χ4v) is 4.31. The van der Waals surface area contributed by atoms with Crippen LogP contribution >= 0.6 is 0 Å². The third-order valence-electron chi connectivity index (χ3n) is 6.78. The molecule has 3 heterocycles. The van der Waals surface area contributed by atoms with Crippen LogP contribution < -0.4 is 10.6 Å². The molecule has 0 spiro atoms. The van der Waals surface area contributed by atoms with Crippen molar-refractivity contribution in [3.05, 3.63) is 71.8 Å². The van der Waals surface area contributed by atoms with Crippen LogP contribution in [0.1, 0.15) is 42.9 Å². The average Bonchev–Trinajstić information content (AvgIpc) is 3.68. The summed E-state index contributed by atoms with van der Waals surface area (Å²) >= 11 is 0. The average molecular weight is 519 g/mol. The van der Waals surface area contributed by atoms with Crippen molar-refractivity contribution in [1.82, 2.24) is 20.1 Å². The first-order valence-corrected chi connectivity index (χ1v) is 12.9. The van der Waals surface area contributed by atoms with E-state index in [2.05, 4.69) is 30.7 Å². The number of carbonyl (C=O) groups is 2. The molecule has 2 amide bonds. The third kappa shape index (κ3) is 6.51. The van der Waals surface area contributed by atoms with Crippen molar-refractivity contribution in [2.75, 3.05) is 43.5 Å². The van der Waals surface area contributed by atoms with Gasteiger partial charge in [-0.1, -0.05) is 24.3 Å². The van der Waals surface area contributed by atoms with E-state index >= 15 is 0 Å². The molecule has 1 aromatic carbocycles.